The summed E-state index contributed by atoms with van der Waals surface area (Å²) in [6.07, 6.45) is -1.50. The number of aliphatic hydroxyl groups excluding tert-OH is 2. The molecule has 0 bridgehead atoms. The molecule has 0 spiro atoms. The summed E-state index contributed by atoms with van der Waals surface area (Å²) in [7, 11) is 0. The lowest BCUT2D eigenvalue weighted by atomic mass is 10.4. The van der Waals surface area contributed by atoms with Gasteiger partial charge in [0.15, 0.2) is 6.29 Å². The Morgan fingerprint density at radius 3 is 2.36 bits per heavy atom. The average molecular weight is 164 g/mol. The zero-order valence-corrected chi connectivity index (χ0v) is 6.62. The van der Waals surface area contributed by atoms with Gasteiger partial charge in [0.05, 0.1) is 0 Å². The molecule has 5 nitrogen and oxygen atoms in total. The van der Waals surface area contributed by atoms with Gasteiger partial charge in [0.25, 0.3) is 0 Å². The van der Waals surface area contributed by atoms with Gasteiger partial charge in [-0.15, -0.1) is 0 Å². The number of hydrogen-bond acceptors (Lipinski definition) is 5. The van der Waals surface area contributed by atoms with E-state index in [2.05, 4.69) is 10.6 Å². The first kappa shape index (κ1) is 10.8. The van der Waals surface area contributed by atoms with Crippen molar-refractivity contribution in [3.63, 3.8) is 0 Å². The molecule has 0 rings (SSSR count). The smallest absolute Gasteiger partial charge is 0.152 e. The summed E-state index contributed by atoms with van der Waals surface area (Å²) in [6.45, 7) is 2.59. The van der Waals surface area contributed by atoms with E-state index in [1.54, 1.807) is 6.92 Å². The highest BCUT2D eigenvalue weighted by atomic mass is 16.5. The van der Waals surface area contributed by atoms with Crippen LogP contribution in [0.3, 0.4) is 0 Å². The fourth-order valence-electron chi connectivity index (χ4n) is 0.539. The molecular weight excluding hydrogens is 148 g/mol. The largest absolute Gasteiger partial charge is 0.379 e. The summed E-state index contributed by atoms with van der Waals surface area (Å²) in [6, 6.07) is 0. The summed E-state index contributed by atoms with van der Waals surface area (Å²) in [5.74, 6) is 0. The van der Waals surface area contributed by atoms with Gasteiger partial charge >= 0.3 is 0 Å². The van der Waals surface area contributed by atoms with Crippen LogP contribution in [0.25, 0.3) is 0 Å². The van der Waals surface area contributed by atoms with Gasteiger partial charge in [0, 0.05) is 19.6 Å². The number of nitrogens with one attached hydrogen (secondary N) is 2. The van der Waals surface area contributed by atoms with Crippen molar-refractivity contribution in [1.29, 1.82) is 0 Å². The van der Waals surface area contributed by atoms with Crippen molar-refractivity contribution < 1.29 is 15.3 Å². The van der Waals surface area contributed by atoms with E-state index in [-0.39, 0.29) is 0 Å². The predicted octanol–water partition coefficient (Wildman–Crippen LogP) is -1.84. The molecule has 5 N–H and O–H groups in total. The molecule has 0 saturated heterocycles. The van der Waals surface area contributed by atoms with Crippen LogP contribution in [0.15, 0.2) is 0 Å². The van der Waals surface area contributed by atoms with Crippen LogP contribution in [-0.2, 0) is 0 Å². The van der Waals surface area contributed by atoms with Crippen molar-refractivity contribution in [2.45, 2.75) is 25.9 Å². The number of rotatable bonds is 6. The second-order valence-electron chi connectivity index (χ2n) is 2.33. The normalized spacial score (nSPS) is 13.9. The second kappa shape index (κ2) is 6.51. The topological polar surface area (TPSA) is 84.8 Å². The Hall–Kier alpha value is -0.200. The monoisotopic (exact) mass is 164 g/mol. The number of aliphatic hydroxyl groups is 3. The molecule has 0 radical (unpaired) electrons. The molecule has 0 aliphatic carbocycles. The average Bonchev–Trinajstić information content (AvgIpc) is 1.85. The highest BCUT2D eigenvalue weighted by molar-refractivity contribution is 4.48. The lowest BCUT2D eigenvalue weighted by molar-refractivity contribution is -0.0445. The molecule has 0 aromatic heterocycles. The SMILES string of the molecule is CC(O)NCNCCC(O)O. The van der Waals surface area contributed by atoms with Crippen molar-refractivity contribution in [1.82, 2.24) is 10.6 Å². The molecule has 0 aliphatic heterocycles. The first-order chi connectivity index (χ1) is 5.13. The van der Waals surface area contributed by atoms with Gasteiger partial charge in [0.2, 0.25) is 0 Å². The third kappa shape index (κ3) is 9.80. The molecule has 0 fully saturated rings. The molecule has 1 atom stereocenters. The molecule has 5 heteroatoms. The Morgan fingerprint density at radius 2 is 1.91 bits per heavy atom. The molecule has 0 amide bonds. The summed E-state index contributed by atoms with van der Waals surface area (Å²) in [5, 5.41) is 31.1. The highest BCUT2D eigenvalue weighted by Gasteiger charge is 1.95. The van der Waals surface area contributed by atoms with E-state index >= 15 is 0 Å². The molecule has 0 heterocycles. The Labute approximate surface area is 66.0 Å². The third-order valence-corrected chi connectivity index (χ3v) is 1.10. The van der Waals surface area contributed by atoms with E-state index in [0.717, 1.165) is 0 Å². The van der Waals surface area contributed by atoms with Crippen molar-refractivity contribution in [2.24, 2.45) is 0 Å². The van der Waals surface area contributed by atoms with E-state index in [1.807, 2.05) is 0 Å². The maximum Gasteiger partial charge on any atom is 0.152 e. The second-order valence-corrected chi connectivity index (χ2v) is 2.33. The zero-order chi connectivity index (χ0) is 8.69. The van der Waals surface area contributed by atoms with E-state index < -0.39 is 12.5 Å². The Bertz CT molecular complexity index is 77.9. The summed E-state index contributed by atoms with van der Waals surface area (Å²) >= 11 is 0. The van der Waals surface area contributed by atoms with Crippen molar-refractivity contribution in [3.05, 3.63) is 0 Å². The molecule has 0 aromatic rings. The van der Waals surface area contributed by atoms with E-state index in [0.29, 0.717) is 19.6 Å². The Morgan fingerprint density at radius 1 is 1.27 bits per heavy atom. The van der Waals surface area contributed by atoms with Crippen LogP contribution in [0.5, 0.6) is 0 Å². The summed E-state index contributed by atoms with van der Waals surface area (Å²) in [5.41, 5.74) is 0. The van der Waals surface area contributed by atoms with Gasteiger partial charge in [0.1, 0.15) is 6.23 Å². The third-order valence-electron chi connectivity index (χ3n) is 1.10. The summed E-state index contributed by atoms with van der Waals surface area (Å²) < 4.78 is 0. The van der Waals surface area contributed by atoms with E-state index in [1.165, 1.54) is 0 Å². The van der Waals surface area contributed by atoms with Crippen LogP contribution >= 0.6 is 0 Å². The van der Waals surface area contributed by atoms with Gasteiger partial charge in [-0.05, 0) is 6.92 Å². The van der Waals surface area contributed by atoms with Crippen molar-refractivity contribution in [2.75, 3.05) is 13.2 Å². The summed E-state index contributed by atoms with van der Waals surface area (Å²) in [4.78, 5) is 0. The fraction of sp³-hybridized carbons (Fsp3) is 1.00. The maximum atomic E-state index is 8.71. The van der Waals surface area contributed by atoms with Gasteiger partial charge in [-0.25, -0.2) is 0 Å². The number of hydrogen-bond donors (Lipinski definition) is 5. The Balaban J connectivity index is 2.91. The molecule has 0 saturated carbocycles. The minimum Gasteiger partial charge on any atom is -0.379 e. The molecule has 0 aliphatic rings. The van der Waals surface area contributed by atoms with Crippen LogP contribution in [-0.4, -0.2) is 41.1 Å². The first-order valence-corrected chi connectivity index (χ1v) is 3.61. The van der Waals surface area contributed by atoms with Crippen LogP contribution in [0.2, 0.25) is 0 Å². The van der Waals surface area contributed by atoms with Crippen LogP contribution in [0, 0.1) is 0 Å². The van der Waals surface area contributed by atoms with Gasteiger partial charge in [-0.1, -0.05) is 0 Å². The zero-order valence-electron chi connectivity index (χ0n) is 6.62. The lowest BCUT2D eigenvalue weighted by Crippen LogP contribution is -2.36. The van der Waals surface area contributed by atoms with E-state index in [9.17, 15) is 0 Å². The molecule has 11 heavy (non-hydrogen) atoms. The lowest BCUT2D eigenvalue weighted by Gasteiger charge is -2.08. The van der Waals surface area contributed by atoms with E-state index in [4.69, 9.17) is 15.3 Å². The fourth-order valence-corrected chi connectivity index (χ4v) is 0.539. The molecule has 1 unspecified atom stereocenters. The standard InChI is InChI=1S/C6H16N2O3/c1-5(9)8-4-7-3-2-6(10)11/h5-11H,2-4H2,1H3. The van der Waals surface area contributed by atoms with Crippen molar-refractivity contribution in [3.8, 4) is 0 Å². The molecule has 68 valence electrons. The Kier molecular flexibility index (Phi) is 6.39. The van der Waals surface area contributed by atoms with Gasteiger partial charge in [-0.3, -0.25) is 5.32 Å². The molecular formula is C6H16N2O3. The highest BCUT2D eigenvalue weighted by Crippen LogP contribution is 1.80. The van der Waals surface area contributed by atoms with Crippen LogP contribution < -0.4 is 10.6 Å². The maximum absolute atomic E-state index is 8.71. The van der Waals surface area contributed by atoms with Gasteiger partial charge in [-0.2, -0.15) is 0 Å². The minimum atomic E-state index is -1.26. The van der Waals surface area contributed by atoms with Crippen LogP contribution in [0.1, 0.15) is 13.3 Å². The molecule has 0 aromatic carbocycles. The van der Waals surface area contributed by atoms with Crippen LogP contribution in [0.4, 0.5) is 0 Å². The van der Waals surface area contributed by atoms with Gasteiger partial charge < -0.3 is 20.6 Å². The first-order valence-electron chi connectivity index (χ1n) is 3.61. The predicted molar refractivity (Wildman–Crippen MR) is 40.5 cm³/mol. The van der Waals surface area contributed by atoms with Crippen molar-refractivity contribution >= 4 is 0 Å². The quantitative estimate of drug-likeness (QED) is 0.235. The minimum absolute atomic E-state index is 0.293.